The van der Waals surface area contributed by atoms with Gasteiger partial charge in [0.2, 0.25) is 5.91 Å². The number of rotatable bonds is 5. The first-order valence-corrected chi connectivity index (χ1v) is 12.5. The molecule has 0 saturated carbocycles. The van der Waals surface area contributed by atoms with Crippen molar-refractivity contribution in [2.45, 2.75) is 25.2 Å². The smallest absolute Gasteiger partial charge is 0.275 e. The molecule has 1 saturated heterocycles. The molecule has 0 unspecified atom stereocenters. The molecule has 3 heterocycles. The third kappa shape index (κ3) is 4.81. The Bertz CT molecular complexity index is 1340. The molecule has 0 aliphatic carbocycles. The van der Waals surface area contributed by atoms with E-state index in [0.717, 1.165) is 34.3 Å². The SMILES string of the molecule is O=C(Nc1cccc2cccnc12)c1csc(C2CCN(C(=O)Cc3ccccc3Cl)CC2)n1. The molecule has 5 rings (SSSR count). The summed E-state index contributed by atoms with van der Waals surface area (Å²) in [7, 11) is 0. The Morgan fingerprint density at radius 3 is 2.68 bits per heavy atom. The van der Waals surface area contributed by atoms with Gasteiger partial charge < -0.3 is 10.2 Å². The van der Waals surface area contributed by atoms with Crippen LogP contribution in [0, 0.1) is 0 Å². The van der Waals surface area contributed by atoms with Crippen molar-refractivity contribution in [1.82, 2.24) is 14.9 Å². The number of halogens is 1. The van der Waals surface area contributed by atoms with Gasteiger partial charge in [0.15, 0.2) is 0 Å². The number of anilines is 1. The second kappa shape index (κ2) is 9.91. The minimum Gasteiger partial charge on any atom is -0.342 e. The van der Waals surface area contributed by atoms with Gasteiger partial charge in [0, 0.05) is 41.0 Å². The highest BCUT2D eigenvalue weighted by atomic mass is 35.5. The quantitative estimate of drug-likeness (QED) is 0.398. The molecule has 2 aromatic heterocycles. The largest absolute Gasteiger partial charge is 0.342 e. The van der Waals surface area contributed by atoms with Gasteiger partial charge in [-0.2, -0.15) is 0 Å². The molecule has 6 nitrogen and oxygen atoms in total. The van der Waals surface area contributed by atoms with Gasteiger partial charge in [-0.15, -0.1) is 11.3 Å². The number of carbonyl (C=O) groups is 2. The first kappa shape index (κ1) is 22.5. The summed E-state index contributed by atoms with van der Waals surface area (Å²) in [6, 6.07) is 17.0. The summed E-state index contributed by atoms with van der Waals surface area (Å²) < 4.78 is 0. The van der Waals surface area contributed by atoms with Gasteiger partial charge in [-0.1, -0.05) is 48.0 Å². The van der Waals surface area contributed by atoms with E-state index in [4.69, 9.17) is 11.6 Å². The summed E-state index contributed by atoms with van der Waals surface area (Å²) in [4.78, 5) is 36.5. The van der Waals surface area contributed by atoms with Gasteiger partial charge in [-0.05, 0) is 36.6 Å². The van der Waals surface area contributed by atoms with E-state index in [1.165, 1.54) is 11.3 Å². The predicted molar refractivity (Wildman–Crippen MR) is 136 cm³/mol. The van der Waals surface area contributed by atoms with E-state index in [-0.39, 0.29) is 17.7 Å². The minimum atomic E-state index is -0.243. The van der Waals surface area contributed by atoms with E-state index in [0.29, 0.717) is 35.9 Å². The van der Waals surface area contributed by atoms with Crippen LogP contribution in [0.5, 0.6) is 0 Å². The van der Waals surface area contributed by atoms with Crippen molar-refractivity contribution in [3.05, 3.63) is 87.5 Å². The molecule has 34 heavy (non-hydrogen) atoms. The Balaban J connectivity index is 1.19. The number of piperidine rings is 1. The molecular formula is C26H23ClN4O2S. The molecule has 0 spiro atoms. The van der Waals surface area contributed by atoms with E-state index >= 15 is 0 Å². The number of hydrogen-bond acceptors (Lipinski definition) is 5. The zero-order valence-electron chi connectivity index (χ0n) is 18.4. The lowest BCUT2D eigenvalue weighted by Crippen LogP contribution is -2.38. The van der Waals surface area contributed by atoms with Crippen LogP contribution in [-0.2, 0) is 11.2 Å². The number of thiazole rings is 1. The van der Waals surface area contributed by atoms with Crippen LogP contribution in [0.4, 0.5) is 5.69 Å². The summed E-state index contributed by atoms with van der Waals surface area (Å²) in [5, 5.41) is 7.29. The number of amides is 2. The maximum atomic E-state index is 12.8. The second-order valence-electron chi connectivity index (χ2n) is 8.33. The van der Waals surface area contributed by atoms with Gasteiger partial charge >= 0.3 is 0 Å². The van der Waals surface area contributed by atoms with Crippen molar-refractivity contribution in [3.63, 3.8) is 0 Å². The molecule has 1 N–H and O–H groups in total. The third-order valence-electron chi connectivity index (χ3n) is 6.13. The third-order valence-corrected chi connectivity index (χ3v) is 7.51. The first-order chi connectivity index (χ1) is 16.6. The van der Waals surface area contributed by atoms with Gasteiger partial charge in [0.1, 0.15) is 5.69 Å². The van der Waals surface area contributed by atoms with Gasteiger partial charge in [0.05, 0.1) is 22.6 Å². The van der Waals surface area contributed by atoms with Crippen LogP contribution in [0.25, 0.3) is 10.9 Å². The number of carbonyl (C=O) groups excluding carboxylic acids is 2. The number of nitrogens with one attached hydrogen (secondary N) is 1. The highest BCUT2D eigenvalue weighted by Crippen LogP contribution is 2.31. The molecule has 1 aliphatic heterocycles. The Labute approximate surface area is 206 Å². The molecule has 4 aromatic rings. The highest BCUT2D eigenvalue weighted by Gasteiger charge is 2.26. The summed E-state index contributed by atoms with van der Waals surface area (Å²) in [6.45, 7) is 1.35. The molecule has 0 atom stereocenters. The summed E-state index contributed by atoms with van der Waals surface area (Å²) >= 11 is 7.71. The van der Waals surface area contributed by atoms with Crippen LogP contribution >= 0.6 is 22.9 Å². The van der Waals surface area contributed by atoms with Crippen LogP contribution in [0.2, 0.25) is 5.02 Å². The Hall–Kier alpha value is -3.29. The lowest BCUT2D eigenvalue weighted by molar-refractivity contribution is -0.131. The van der Waals surface area contributed by atoms with E-state index in [2.05, 4.69) is 15.3 Å². The van der Waals surface area contributed by atoms with Gasteiger partial charge in [-0.3, -0.25) is 14.6 Å². The normalized spacial score (nSPS) is 14.3. The monoisotopic (exact) mass is 490 g/mol. The predicted octanol–water partition coefficient (Wildman–Crippen LogP) is 5.55. The maximum Gasteiger partial charge on any atom is 0.275 e. The minimum absolute atomic E-state index is 0.0921. The molecule has 2 amide bonds. The van der Waals surface area contributed by atoms with Crippen molar-refractivity contribution in [2.24, 2.45) is 0 Å². The fourth-order valence-corrected chi connectivity index (χ4v) is 5.44. The number of para-hydroxylation sites is 1. The van der Waals surface area contributed by atoms with E-state index < -0.39 is 0 Å². The standard InChI is InChI=1S/C26H23ClN4O2S/c27-20-8-2-1-5-19(20)15-23(32)31-13-10-18(11-14-31)26-30-22(16-34-26)25(33)29-21-9-3-6-17-7-4-12-28-24(17)21/h1-9,12,16,18H,10-11,13-15H2,(H,29,33). The number of nitrogens with zero attached hydrogens (tertiary/aromatic N) is 3. The van der Waals surface area contributed by atoms with Crippen LogP contribution < -0.4 is 5.32 Å². The van der Waals surface area contributed by atoms with Gasteiger partial charge in [0.25, 0.3) is 5.91 Å². The number of hydrogen-bond donors (Lipinski definition) is 1. The van der Waals surface area contributed by atoms with Crippen molar-refractivity contribution in [2.75, 3.05) is 18.4 Å². The molecule has 1 fully saturated rings. The zero-order chi connectivity index (χ0) is 23.5. The van der Waals surface area contributed by atoms with Crippen LogP contribution in [0.1, 0.15) is 39.8 Å². The highest BCUT2D eigenvalue weighted by molar-refractivity contribution is 7.10. The Morgan fingerprint density at radius 2 is 1.85 bits per heavy atom. The van der Waals surface area contributed by atoms with Crippen LogP contribution in [0.15, 0.2) is 66.2 Å². The molecule has 8 heteroatoms. The summed E-state index contributed by atoms with van der Waals surface area (Å²) in [5.74, 6) is 0.0950. The van der Waals surface area contributed by atoms with Gasteiger partial charge in [-0.25, -0.2) is 4.98 Å². The van der Waals surface area contributed by atoms with Crippen molar-refractivity contribution in [3.8, 4) is 0 Å². The number of fused-ring (bicyclic) bond motifs is 1. The fraction of sp³-hybridized carbons (Fsp3) is 0.231. The van der Waals surface area contributed by atoms with E-state index in [1.54, 1.807) is 11.6 Å². The fourth-order valence-electron chi connectivity index (χ4n) is 4.26. The number of pyridine rings is 1. The molecule has 1 aliphatic rings. The van der Waals surface area contributed by atoms with Crippen LogP contribution in [-0.4, -0.2) is 39.8 Å². The zero-order valence-corrected chi connectivity index (χ0v) is 20.0. The van der Waals surface area contributed by atoms with E-state index in [9.17, 15) is 9.59 Å². The number of aromatic nitrogens is 2. The van der Waals surface area contributed by atoms with Crippen molar-refractivity contribution < 1.29 is 9.59 Å². The molecule has 172 valence electrons. The summed E-state index contributed by atoms with van der Waals surface area (Å²) in [5.41, 5.74) is 2.68. The Morgan fingerprint density at radius 1 is 1.06 bits per heavy atom. The average Bonchev–Trinajstić information content (AvgIpc) is 3.36. The van der Waals surface area contributed by atoms with Crippen molar-refractivity contribution in [1.29, 1.82) is 0 Å². The lowest BCUT2D eigenvalue weighted by Gasteiger charge is -2.31. The summed E-state index contributed by atoms with van der Waals surface area (Å²) in [6.07, 6.45) is 3.69. The number of likely N-dealkylation sites (tertiary alicyclic amines) is 1. The topological polar surface area (TPSA) is 75.2 Å². The maximum absolute atomic E-state index is 12.8. The molecule has 0 bridgehead atoms. The van der Waals surface area contributed by atoms with Crippen LogP contribution in [0.3, 0.4) is 0 Å². The number of benzene rings is 2. The molecular weight excluding hydrogens is 468 g/mol. The molecule has 2 aromatic carbocycles. The average molecular weight is 491 g/mol. The lowest BCUT2D eigenvalue weighted by atomic mass is 9.97. The van der Waals surface area contributed by atoms with E-state index in [1.807, 2.05) is 59.5 Å². The molecule has 0 radical (unpaired) electrons. The Kier molecular flexibility index (Phi) is 6.56. The first-order valence-electron chi connectivity index (χ1n) is 11.2. The van der Waals surface area contributed by atoms with Crippen molar-refractivity contribution >= 4 is 51.3 Å². The second-order valence-corrected chi connectivity index (χ2v) is 9.63.